The largest absolute Gasteiger partial charge is 0.311 e. The smallest absolute Gasteiger partial charge is 0.263 e. The van der Waals surface area contributed by atoms with E-state index in [4.69, 9.17) is 0 Å². The molecular weight excluding hydrogens is 360 g/mol. The third kappa shape index (κ3) is 3.53. The molecule has 1 saturated heterocycles. The lowest BCUT2D eigenvalue weighted by Gasteiger charge is -2.17. The number of hydrogen-bond acceptors (Lipinski definition) is 6. The number of nitrogens with one attached hydrogen (secondary N) is 2. The molecule has 1 amide bonds. The van der Waals surface area contributed by atoms with E-state index in [1.54, 1.807) is 22.4 Å². The van der Waals surface area contributed by atoms with Gasteiger partial charge in [0.15, 0.2) is 5.13 Å². The lowest BCUT2D eigenvalue weighted by Crippen LogP contribution is -2.39. The van der Waals surface area contributed by atoms with Crippen LogP contribution < -0.4 is 14.9 Å². The van der Waals surface area contributed by atoms with Gasteiger partial charge in [0.25, 0.3) is 10.0 Å². The molecule has 1 aromatic carbocycles. The van der Waals surface area contributed by atoms with Crippen LogP contribution in [0.4, 0.5) is 10.8 Å². The van der Waals surface area contributed by atoms with Gasteiger partial charge in [0, 0.05) is 32.7 Å². The molecule has 2 aliphatic rings. The van der Waals surface area contributed by atoms with Crippen LogP contribution in [0.15, 0.2) is 40.7 Å². The van der Waals surface area contributed by atoms with E-state index in [9.17, 15) is 13.2 Å². The molecule has 0 radical (unpaired) electrons. The first-order valence-corrected chi connectivity index (χ1v) is 10.5. The van der Waals surface area contributed by atoms with Crippen molar-refractivity contribution in [3.63, 3.8) is 0 Å². The fourth-order valence-corrected chi connectivity index (χ4v) is 4.67. The van der Waals surface area contributed by atoms with E-state index in [0.717, 1.165) is 24.9 Å². The Morgan fingerprint density at radius 1 is 1.20 bits per heavy atom. The highest BCUT2D eigenvalue weighted by molar-refractivity contribution is 7.93. The van der Waals surface area contributed by atoms with Gasteiger partial charge in [0.2, 0.25) is 5.91 Å². The second-order valence-corrected chi connectivity index (χ2v) is 8.79. The minimum atomic E-state index is -3.67. The van der Waals surface area contributed by atoms with Crippen molar-refractivity contribution in [2.45, 2.75) is 36.2 Å². The minimum Gasteiger partial charge on any atom is -0.311 e. The van der Waals surface area contributed by atoms with E-state index < -0.39 is 10.0 Å². The van der Waals surface area contributed by atoms with Gasteiger partial charge in [-0.15, -0.1) is 11.3 Å². The van der Waals surface area contributed by atoms with Crippen molar-refractivity contribution in [1.82, 2.24) is 10.3 Å². The van der Waals surface area contributed by atoms with Crippen LogP contribution in [-0.4, -0.2) is 37.9 Å². The number of anilines is 2. The Kier molecular flexibility index (Phi) is 4.22. The average molecular weight is 383 g/mol. The molecule has 2 fully saturated rings. The highest BCUT2D eigenvalue weighted by atomic mass is 32.2. The normalized spacial score (nSPS) is 20.9. The average Bonchev–Trinajstić information content (AvgIpc) is 3.14. The molecular formula is C16H22N4O3S2. The molecule has 1 saturated carbocycles. The summed E-state index contributed by atoms with van der Waals surface area (Å²) in [5.41, 5.74) is 0.721. The molecule has 0 bridgehead atoms. The predicted octanol–water partition coefficient (Wildman–Crippen LogP) is 2.29. The zero-order valence-corrected chi connectivity index (χ0v) is 15.0. The lowest BCUT2D eigenvalue weighted by atomic mass is 10.2. The molecule has 0 spiro atoms. The van der Waals surface area contributed by atoms with Crippen LogP contribution >= 0.6 is 11.3 Å². The predicted molar refractivity (Wildman–Crippen MR) is 101 cm³/mol. The van der Waals surface area contributed by atoms with E-state index >= 15 is 0 Å². The number of thiazole rings is 1. The van der Waals surface area contributed by atoms with Gasteiger partial charge in [-0.1, -0.05) is 0 Å². The summed E-state index contributed by atoms with van der Waals surface area (Å²) in [4.78, 5) is 18.3. The summed E-state index contributed by atoms with van der Waals surface area (Å²) < 4.78 is 27.1. The molecule has 1 aliphatic carbocycles. The molecule has 25 heavy (non-hydrogen) atoms. The van der Waals surface area contributed by atoms with Gasteiger partial charge in [-0.25, -0.2) is 13.4 Å². The summed E-state index contributed by atoms with van der Waals surface area (Å²) in [6.07, 6.45) is 4.60. The van der Waals surface area contributed by atoms with Gasteiger partial charge in [-0.05, 0) is 43.5 Å². The van der Waals surface area contributed by atoms with Crippen LogP contribution in [-0.2, 0) is 14.8 Å². The Hall–Kier alpha value is -1.97. The first-order valence-electron chi connectivity index (χ1n) is 8.13. The molecule has 136 valence electrons. The van der Waals surface area contributed by atoms with Crippen molar-refractivity contribution < 1.29 is 16.1 Å². The van der Waals surface area contributed by atoms with E-state index in [-0.39, 0.29) is 19.7 Å². The molecule has 2 N–H and O–H groups in total. The number of carbonyl (C=O) groups is 1. The number of rotatable bonds is 6. The van der Waals surface area contributed by atoms with Crippen LogP contribution in [0, 0.1) is 0 Å². The van der Waals surface area contributed by atoms with Crippen molar-refractivity contribution in [2.75, 3.05) is 16.2 Å². The Balaban J connectivity index is 0.00000131. The van der Waals surface area contributed by atoms with Crippen LogP contribution in [0.25, 0.3) is 0 Å². The van der Waals surface area contributed by atoms with Gasteiger partial charge >= 0.3 is 0 Å². The van der Waals surface area contributed by atoms with Gasteiger partial charge in [0.1, 0.15) is 0 Å². The van der Waals surface area contributed by atoms with Crippen LogP contribution in [0.2, 0.25) is 0 Å². The third-order valence-electron chi connectivity index (χ3n) is 4.33. The monoisotopic (exact) mass is 382 g/mol. The first-order chi connectivity index (χ1) is 12.0. The van der Waals surface area contributed by atoms with Gasteiger partial charge < -0.3 is 10.2 Å². The molecule has 4 rings (SSSR count). The van der Waals surface area contributed by atoms with Crippen LogP contribution in [0.1, 0.15) is 22.1 Å². The number of amides is 1. The summed E-state index contributed by atoms with van der Waals surface area (Å²) in [5, 5.41) is 5.39. The van der Waals surface area contributed by atoms with Gasteiger partial charge in [-0.2, -0.15) is 0 Å². The number of sulfonamides is 1. The summed E-state index contributed by atoms with van der Waals surface area (Å²) in [7, 11) is -3.67. The maximum Gasteiger partial charge on any atom is 0.263 e. The number of aromatic nitrogens is 1. The summed E-state index contributed by atoms with van der Waals surface area (Å²) in [6.45, 7) is 0.646. The highest BCUT2D eigenvalue weighted by Gasteiger charge is 2.36. The number of nitrogens with zero attached hydrogens (tertiary/aromatic N) is 2. The van der Waals surface area contributed by atoms with E-state index in [1.807, 2.05) is 0 Å². The van der Waals surface area contributed by atoms with Gasteiger partial charge in [-0.3, -0.25) is 9.52 Å². The minimum absolute atomic E-state index is 0. The Morgan fingerprint density at radius 3 is 2.60 bits per heavy atom. The van der Waals surface area contributed by atoms with Crippen molar-refractivity contribution in [2.24, 2.45) is 0 Å². The second kappa shape index (κ2) is 6.40. The van der Waals surface area contributed by atoms with Crippen LogP contribution in [0.3, 0.4) is 0 Å². The third-order valence-corrected chi connectivity index (χ3v) is 6.51. The topological polar surface area (TPSA) is 91.4 Å². The Morgan fingerprint density at radius 2 is 1.96 bits per heavy atom. The summed E-state index contributed by atoms with van der Waals surface area (Å²) in [6, 6.07) is 6.74. The van der Waals surface area contributed by atoms with E-state index in [2.05, 4.69) is 15.0 Å². The fraction of sp³-hybridized carbons (Fsp3) is 0.375. The van der Waals surface area contributed by atoms with E-state index in [0.29, 0.717) is 17.7 Å². The quantitative estimate of drug-likeness (QED) is 0.800. The zero-order valence-electron chi connectivity index (χ0n) is 13.4. The molecule has 2 heterocycles. The maximum absolute atomic E-state index is 12.5. The summed E-state index contributed by atoms with van der Waals surface area (Å²) >= 11 is 1.22. The molecule has 1 aliphatic heterocycles. The van der Waals surface area contributed by atoms with Crippen LogP contribution in [0.5, 0.6) is 0 Å². The lowest BCUT2D eigenvalue weighted by molar-refractivity contribution is -0.118. The standard InChI is InChI=1S/C16H18N4O3S2.2H2/c21-15-14(18-11-1-2-11)7-9-20(15)12-3-5-13(6-4-12)25(22,23)19-16-17-8-10-24-16;;/h3-6,8,10-11,14,18H,1-2,7,9H2,(H,17,19);2*1H/t14-;;/m0../s1. The van der Waals surface area contributed by atoms with Crippen molar-refractivity contribution in [3.8, 4) is 0 Å². The molecule has 2 aromatic rings. The highest BCUT2D eigenvalue weighted by Crippen LogP contribution is 2.27. The van der Waals surface area contributed by atoms with Crippen molar-refractivity contribution in [3.05, 3.63) is 35.8 Å². The zero-order chi connectivity index (χ0) is 17.4. The van der Waals surface area contributed by atoms with E-state index in [1.165, 1.54) is 29.7 Å². The molecule has 9 heteroatoms. The van der Waals surface area contributed by atoms with Gasteiger partial charge in [0.05, 0.1) is 10.9 Å². The molecule has 1 aromatic heterocycles. The molecule has 7 nitrogen and oxygen atoms in total. The number of carbonyl (C=O) groups excluding carboxylic acids is 1. The van der Waals surface area contributed by atoms with Crippen molar-refractivity contribution in [1.29, 1.82) is 0 Å². The Labute approximate surface area is 153 Å². The number of benzene rings is 1. The maximum atomic E-state index is 12.5. The molecule has 1 atom stereocenters. The second-order valence-electron chi connectivity index (χ2n) is 6.21. The Bertz CT molecular complexity index is 872. The van der Waals surface area contributed by atoms with Crippen molar-refractivity contribution >= 4 is 38.1 Å². The first kappa shape index (κ1) is 16.5. The summed E-state index contributed by atoms with van der Waals surface area (Å²) in [5.74, 6) is 0.0587. The molecule has 0 unspecified atom stereocenters. The number of hydrogen-bond donors (Lipinski definition) is 2. The fourth-order valence-electron chi connectivity index (χ4n) is 2.88. The SMILES string of the molecule is O=C1[C@@H](NC2CC2)CCN1c1ccc(S(=O)(=O)Nc2nccs2)cc1.[HH].[HH].